The quantitative estimate of drug-likeness (QED) is 0.542. The maximum Gasteiger partial charge on any atom is 0.251 e. The molecule has 0 radical (unpaired) electrons. The molecule has 2 heterocycles. The first kappa shape index (κ1) is 22.5. The Bertz CT molecular complexity index is 1050. The van der Waals surface area contributed by atoms with Gasteiger partial charge < -0.3 is 24.6 Å². The highest BCUT2D eigenvalue weighted by molar-refractivity contribution is 7.89. The van der Waals surface area contributed by atoms with Crippen LogP contribution in [-0.4, -0.2) is 57.6 Å². The number of aliphatic hydroxyl groups is 1. The average Bonchev–Trinajstić information content (AvgIpc) is 3.28. The lowest BCUT2D eigenvalue weighted by atomic mass is 9.98. The summed E-state index contributed by atoms with van der Waals surface area (Å²) in [7, 11) is -3.70. The number of carbonyl (C=O) groups excluding carboxylic acids is 1. The lowest BCUT2D eigenvalue weighted by Crippen LogP contribution is -2.51. The van der Waals surface area contributed by atoms with Crippen molar-refractivity contribution in [1.29, 1.82) is 0 Å². The molecule has 0 spiro atoms. The molecule has 1 saturated heterocycles. The number of fused-ring (bicyclic) bond motifs is 1. The Morgan fingerprint density at radius 3 is 2.62 bits per heavy atom. The highest BCUT2D eigenvalue weighted by Gasteiger charge is 2.33. The molecule has 0 aromatic heterocycles. The Morgan fingerprint density at radius 2 is 1.84 bits per heavy atom. The maximum atomic E-state index is 12.6. The number of rotatable bonds is 8. The highest BCUT2D eigenvalue weighted by atomic mass is 32.2. The number of aliphatic hydroxyl groups excluding tert-OH is 1. The summed E-state index contributed by atoms with van der Waals surface area (Å²) < 4.78 is 44.3. The third-order valence-electron chi connectivity index (χ3n) is 5.54. The smallest absolute Gasteiger partial charge is 0.251 e. The Morgan fingerprint density at radius 1 is 1.06 bits per heavy atom. The molecule has 3 atom stereocenters. The number of benzene rings is 2. The normalized spacial score (nSPS) is 22.5. The van der Waals surface area contributed by atoms with Crippen LogP contribution in [0, 0.1) is 0 Å². The Balaban J connectivity index is 1.26. The Kier molecular flexibility index (Phi) is 6.95. The van der Waals surface area contributed by atoms with Crippen LogP contribution in [0.15, 0.2) is 53.4 Å². The molecule has 0 aliphatic carbocycles. The molecule has 2 aromatic rings. The fourth-order valence-electron chi connectivity index (χ4n) is 3.83. The van der Waals surface area contributed by atoms with E-state index in [2.05, 4.69) is 10.0 Å². The van der Waals surface area contributed by atoms with Gasteiger partial charge in [0, 0.05) is 12.1 Å². The minimum Gasteiger partial charge on any atom is -0.454 e. The molecule has 2 aliphatic heterocycles. The Labute approximate surface area is 186 Å². The van der Waals surface area contributed by atoms with E-state index in [0.29, 0.717) is 42.9 Å². The monoisotopic (exact) mass is 462 g/mol. The standard InChI is InChI=1S/C22H26N2O7S/c25-13-21-18(24-32(27,28)17-4-2-1-3-5-17)8-7-16(31-21)10-11-23-22(26)15-6-9-19-20(12-15)30-14-29-19/h1-6,9,12,16,18,21,24-25H,7-8,10-11,13-14H2,(H,23,26)/t16-,18-,21-/m0/s1. The van der Waals surface area contributed by atoms with Crippen molar-refractivity contribution in [2.75, 3.05) is 19.9 Å². The lowest BCUT2D eigenvalue weighted by Gasteiger charge is -2.36. The summed E-state index contributed by atoms with van der Waals surface area (Å²) in [6, 6.07) is 12.6. The third kappa shape index (κ3) is 5.21. The van der Waals surface area contributed by atoms with Crippen LogP contribution in [0.5, 0.6) is 11.5 Å². The first-order valence-electron chi connectivity index (χ1n) is 10.5. The number of hydrogen-bond acceptors (Lipinski definition) is 7. The van der Waals surface area contributed by atoms with Gasteiger partial charge in [0.15, 0.2) is 11.5 Å². The second kappa shape index (κ2) is 9.86. The van der Waals surface area contributed by atoms with Gasteiger partial charge in [-0.15, -0.1) is 0 Å². The van der Waals surface area contributed by atoms with Crippen LogP contribution >= 0.6 is 0 Å². The van der Waals surface area contributed by atoms with Crippen LogP contribution in [0.2, 0.25) is 0 Å². The number of nitrogens with one attached hydrogen (secondary N) is 2. The molecule has 32 heavy (non-hydrogen) atoms. The van der Waals surface area contributed by atoms with E-state index in [1.165, 1.54) is 12.1 Å². The van der Waals surface area contributed by atoms with E-state index in [4.69, 9.17) is 14.2 Å². The van der Waals surface area contributed by atoms with Gasteiger partial charge in [0.2, 0.25) is 16.8 Å². The van der Waals surface area contributed by atoms with Gasteiger partial charge in [-0.2, -0.15) is 0 Å². The lowest BCUT2D eigenvalue weighted by molar-refractivity contribution is -0.0871. The predicted molar refractivity (Wildman–Crippen MR) is 115 cm³/mol. The molecule has 4 rings (SSSR count). The molecule has 2 aliphatic rings. The largest absolute Gasteiger partial charge is 0.454 e. The fourth-order valence-corrected chi connectivity index (χ4v) is 5.15. The summed E-state index contributed by atoms with van der Waals surface area (Å²) in [6.07, 6.45) is 0.833. The van der Waals surface area contributed by atoms with Crippen LogP contribution in [-0.2, 0) is 14.8 Å². The number of sulfonamides is 1. The molecular weight excluding hydrogens is 436 g/mol. The van der Waals surface area contributed by atoms with Crippen molar-refractivity contribution in [2.24, 2.45) is 0 Å². The molecule has 1 amide bonds. The van der Waals surface area contributed by atoms with Gasteiger partial charge in [-0.1, -0.05) is 18.2 Å². The summed E-state index contributed by atoms with van der Waals surface area (Å²) in [5.41, 5.74) is 0.474. The van der Waals surface area contributed by atoms with Gasteiger partial charge in [0.05, 0.1) is 29.8 Å². The third-order valence-corrected chi connectivity index (χ3v) is 7.05. The number of ether oxygens (including phenoxy) is 3. The minimum atomic E-state index is -3.70. The molecule has 1 fully saturated rings. The van der Waals surface area contributed by atoms with Gasteiger partial charge in [0.1, 0.15) is 0 Å². The van der Waals surface area contributed by atoms with Crippen molar-refractivity contribution in [3.63, 3.8) is 0 Å². The van der Waals surface area contributed by atoms with E-state index in [1.807, 2.05) is 0 Å². The van der Waals surface area contributed by atoms with E-state index in [9.17, 15) is 18.3 Å². The first-order chi connectivity index (χ1) is 15.5. The second-order valence-electron chi connectivity index (χ2n) is 7.71. The van der Waals surface area contributed by atoms with Crippen molar-refractivity contribution >= 4 is 15.9 Å². The zero-order valence-electron chi connectivity index (χ0n) is 17.4. The van der Waals surface area contributed by atoms with Crippen LogP contribution in [0.1, 0.15) is 29.6 Å². The predicted octanol–water partition coefficient (Wildman–Crippen LogP) is 1.42. The van der Waals surface area contributed by atoms with E-state index in [1.54, 1.807) is 36.4 Å². The molecule has 0 bridgehead atoms. The van der Waals surface area contributed by atoms with Crippen molar-refractivity contribution in [3.8, 4) is 11.5 Å². The van der Waals surface area contributed by atoms with Gasteiger partial charge in [0.25, 0.3) is 5.91 Å². The molecule has 2 aromatic carbocycles. The minimum absolute atomic E-state index is 0.147. The van der Waals surface area contributed by atoms with Gasteiger partial charge in [-0.05, 0) is 49.6 Å². The highest BCUT2D eigenvalue weighted by Crippen LogP contribution is 2.32. The number of hydrogen-bond donors (Lipinski definition) is 3. The average molecular weight is 463 g/mol. The number of carbonyl (C=O) groups is 1. The van der Waals surface area contributed by atoms with Crippen molar-refractivity contribution < 1.29 is 32.5 Å². The van der Waals surface area contributed by atoms with E-state index < -0.39 is 22.2 Å². The van der Waals surface area contributed by atoms with Crippen molar-refractivity contribution in [2.45, 2.75) is 42.4 Å². The van der Waals surface area contributed by atoms with E-state index in [-0.39, 0.29) is 30.3 Å². The summed E-state index contributed by atoms with van der Waals surface area (Å²) in [5.74, 6) is 0.930. The fraction of sp³-hybridized carbons (Fsp3) is 0.409. The molecule has 0 unspecified atom stereocenters. The van der Waals surface area contributed by atoms with Gasteiger partial charge >= 0.3 is 0 Å². The van der Waals surface area contributed by atoms with Crippen LogP contribution < -0.4 is 19.5 Å². The maximum absolute atomic E-state index is 12.6. The van der Waals surface area contributed by atoms with Gasteiger partial charge in [-0.3, -0.25) is 4.79 Å². The molecule has 9 nitrogen and oxygen atoms in total. The van der Waals surface area contributed by atoms with Crippen LogP contribution in [0.4, 0.5) is 0 Å². The topological polar surface area (TPSA) is 123 Å². The van der Waals surface area contributed by atoms with Crippen molar-refractivity contribution in [3.05, 3.63) is 54.1 Å². The molecule has 10 heteroatoms. The molecule has 0 saturated carbocycles. The van der Waals surface area contributed by atoms with E-state index in [0.717, 1.165) is 0 Å². The molecular formula is C22H26N2O7S. The van der Waals surface area contributed by atoms with Gasteiger partial charge in [-0.25, -0.2) is 13.1 Å². The summed E-state index contributed by atoms with van der Waals surface area (Å²) >= 11 is 0. The molecule has 3 N–H and O–H groups in total. The van der Waals surface area contributed by atoms with E-state index >= 15 is 0 Å². The van der Waals surface area contributed by atoms with Crippen molar-refractivity contribution in [1.82, 2.24) is 10.0 Å². The summed E-state index contributed by atoms with van der Waals surface area (Å²) in [5, 5.41) is 12.6. The molecule has 172 valence electrons. The number of amides is 1. The SMILES string of the molecule is O=C(NCC[C@@H]1CC[C@H](NS(=O)(=O)c2ccccc2)[C@H](CO)O1)c1ccc2c(c1)OCO2. The van der Waals surface area contributed by atoms with Crippen LogP contribution in [0.3, 0.4) is 0 Å². The summed E-state index contributed by atoms with van der Waals surface area (Å²) in [6.45, 7) is 0.229. The summed E-state index contributed by atoms with van der Waals surface area (Å²) in [4.78, 5) is 12.6. The zero-order valence-corrected chi connectivity index (χ0v) is 18.2. The Hall–Kier alpha value is -2.66. The zero-order chi connectivity index (χ0) is 22.6. The second-order valence-corrected chi connectivity index (χ2v) is 9.42. The van der Waals surface area contributed by atoms with Crippen LogP contribution in [0.25, 0.3) is 0 Å². The first-order valence-corrected chi connectivity index (χ1v) is 12.0.